The lowest BCUT2D eigenvalue weighted by atomic mass is 10.2. The Balaban J connectivity index is 0.00000176. The standard InChI is InChI=1S/C15H21N5S.HI/c1-11-3-4-13-12(9-11)18-14(19(13)2)10-17-15(16)20-5-7-21-8-6-20;/h3-4,9H,5-8,10H2,1-2H3,(H2,16,17);1H. The maximum Gasteiger partial charge on any atom is 0.191 e. The summed E-state index contributed by atoms with van der Waals surface area (Å²) in [6.45, 7) is 4.58. The van der Waals surface area contributed by atoms with Gasteiger partial charge in [0.05, 0.1) is 11.0 Å². The number of nitrogens with two attached hydrogens (primary N) is 1. The highest BCUT2D eigenvalue weighted by Gasteiger charge is 2.13. The maximum atomic E-state index is 6.09. The van der Waals surface area contributed by atoms with E-state index in [1.807, 2.05) is 18.8 Å². The largest absolute Gasteiger partial charge is 0.370 e. The molecule has 120 valence electrons. The molecular formula is C15H22IN5S. The number of halogens is 1. The van der Waals surface area contributed by atoms with Gasteiger partial charge in [-0.2, -0.15) is 11.8 Å². The second-order valence-electron chi connectivity index (χ2n) is 5.35. The van der Waals surface area contributed by atoms with Gasteiger partial charge in [-0.25, -0.2) is 9.98 Å². The van der Waals surface area contributed by atoms with Gasteiger partial charge in [0.25, 0.3) is 0 Å². The molecule has 3 rings (SSSR count). The van der Waals surface area contributed by atoms with Gasteiger partial charge >= 0.3 is 0 Å². The fourth-order valence-electron chi connectivity index (χ4n) is 2.55. The molecule has 5 nitrogen and oxygen atoms in total. The van der Waals surface area contributed by atoms with Crippen LogP contribution in [0.1, 0.15) is 11.4 Å². The van der Waals surface area contributed by atoms with Crippen molar-refractivity contribution in [3.05, 3.63) is 29.6 Å². The maximum absolute atomic E-state index is 6.09. The molecule has 0 radical (unpaired) electrons. The van der Waals surface area contributed by atoms with Crippen molar-refractivity contribution >= 4 is 52.7 Å². The number of hydrogen-bond donors (Lipinski definition) is 1. The molecule has 1 fully saturated rings. The van der Waals surface area contributed by atoms with E-state index in [1.165, 1.54) is 5.56 Å². The van der Waals surface area contributed by atoms with Crippen molar-refractivity contribution in [2.45, 2.75) is 13.5 Å². The number of nitrogens with zero attached hydrogens (tertiary/aromatic N) is 4. The van der Waals surface area contributed by atoms with Gasteiger partial charge in [0, 0.05) is 31.6 Å². The third-order valence-corrected chi connectivity index (χ3v) is 4.79. The lowest BCUT2D eigenvalue weighted by molar-refractivity contribution is 0.455. The molecular weight excluding hydrogens is 409 g/mol. The number of aromatic nitrogens is 2. The number of guanidine groups is 1. The summed E-state index contributed by atoms with van der Waals surface area (Å²) < 4.78 is 2.09. The Kier molecular flexibility index (Phi) is 5.96. The monoisotopic (exact) mass is 431 g/mol. The van der Waals surface area contributed by atoms with Crippen molar-refractivity contribution in [2.75, 3.05) is 24.6 Å². The minimum atomic E-state index is 0. The molecule has 22 heavy (non-hydrogen) atoms. The Bertz CT molecular complexity index is 676. The molecule has 2 heterocycles. The fourth-order valence-corrected chi connectivity index (χ4v) is 3.45. The van der Waals surface area contributed by atoms with Gasteiger partial charge in [-0.3, -0.25) is 0 Å². The van der Waals surface area contributed by atoms with Gasteiger partial charge in [0.1, 0.15) is 12.4 Å². The smallest absolute Gasteiger partial charge is 0.191 e. The molecule has 1 saturated heterocycles. The summed E-state index contributed by atoms with van der Waals surface area (Å²) in [6.07, 6.45) is 0. The summed E-state index contributed by atoms with van der Waals surface area (Å²) in [7, 11) is 2.03. The van der Waals surface area contributed by atoms with Crippen molar-refractivity contribution in [3.8, 4) is 0 Å². The van der Waals surface area contributed by atoms with E-state index in [2.05, 4.69) is 44.6 Å². The normalized spacial score (nSPS) is 15.9. The van der Waals surface area contributed by atoms with Crippen LogP contribution in [0.2, 0.25) is 0 Å². The van der Waals surface area contributed by atoms with Crippen molar-refractivity contribution in [2.24, 2.45) is 17.8 Å². The van der Waals surface area contributed by atoms with Crippen LogP contribution in [-0.4, -0.2) is 45.0 Å². The van der Waals surface area contributed by atoms with Crippen molar-refractivity contribution in [3.63, 3.8) is 0 Å². The zero-order chi connectivity index (χ0) is 14.8. The minimum absolute atomic E-state index is 0. The number of hydrogen-bond acceptors (Lipinski definition) is 3. The van der Waals surface area contributed by atoms with Crippen LogP contribution in [0.3, 0.4) is 0 Å². The highest BCUT2D eigenvalue weighted by molar-refractivity contribution is 14.0. The number of fused-ring (bicyclic) bond motifs is 1. The number of aliphatic imine (C=N–C) groups is 1. The fraction of sp³-hybridized carbons (Fsp3) is 0.467. The summed E-state index contributed by atoms with van der Waals surface area (Å²) in [5.74, 6) is 3.84. The van der Waals surface area contributed by atoms with E-state index in [9.17, 15) is 0 Å². The molecule has 1 aromatic carbocycles. The van der Waals surface area contributed by atoms with Gasteiger partial charge in [-0.1, -0.05) is 6.07 Å². The summed E-state index contributed by atoms with van der Waals surface area (Å²) >= 11 is 1.97. The summed E-state index contributed by atoms with van der Waals surface area (Å²) in [5, 5.41) is 0. The van der Waals surface area contributed by atoms with Crippen LogP contribution in [0, 0.1) is 6.92 Å². The minimum Gasteiger partial charge on any atom is -0.370 e. The quantitative estimate of drug-likeness (QED) is 0.451. The summed E-state index contributed by atoms with van der Waals surface area (Å²) in [5.41, 5.74) is 9.48. The van der Waals surface area contributed by atoms with Crippen LogP contribution >= 0.6 is 35.7 Å². The molecule has 0 spiro atoms. The molecule has 2 N–H and O–H groups in total. The zero-order valence-corrected chi connectivity index (χ0v) is 16.1. The van der Waals surface area contributed by atoms with Gasteiger partial charge in [0.15, 0.2) is 5.96 Å². The molecule has 7 heteroatoms. The van der Waals surface area contributed by atoms with E-state index in [4.69, 9.17) is 5.73 Å². The van der Waals surface area contributed by atoms with Crippen LogP contribution in [0.15, 0.2) is 23.2 Å². The second-order valence-corrected chi connectivity index (χ2v) is 6.58. The number of aryl methyl sites for hydroxylation is 2. The molecule has 1 aliphatic rings. The second kappa shape index (κ2) is 7.54. The first-order valence-corrected chi connectivity index (χ1v) is 8.35. The van der Waals surface area contributed by atoms with Crippen LogP contribution in [0.5, 0.6) is 0 Å². The van der Waals surface area contributed by atoms with E-state index >= 15 is 0 Å². The Morgan fingerprint density at radius 2 is 2.09 bits per heavy atom. The first-order valence-electron chi connectivity index (χ1n) is 7.20. The zero-order valence-electron chi connectivity index (χ0n) is 13.0. The number of rotatable bonds is 2. The number of benzene rings is 1. The molecule has 1 aromatic heterocycles. The van der Waals surface area contributed by atoms with Crippen LogP contribution in [0.25, 0.3) is 11.0 Å². The molecule has 0 aliphatic carbocycles. The van der Waals surface area contributed by atoms with Gasteiger partial charge in [0.2, 0.25) is 0 Å². The van der Waals surface area contributed by atoms with E-state index in [-0.39, 0.29) is 24.0 Å². The molecule has 0 unspecified atom stereocenters. The number of thioether (sulfide) groups is 1. The topological polar surface area (TPSA) is 59.4 Å². The molecule has 0 atom stereocenters. The Morgan fingerprint density at radius 1 is 1.36 bits per heavy atom. The van der Waals surface area contributed by atoms with Crippen molar-refractivity contribution < 1.29 is 0 Å². The first kappa shape index (κ1) is 17.4. The summed E-state index contributed by atoms with van der Waals surface area (Å²) in [6, 6.07) is 6.32. The highest BCUT2D eigenvalue weighted by Crippen LogP contribution is 2.17. The number of imidazole rings is 1. The van der Waals surface area contributed by atoms with Crippen LogP contribution in [-0.2, 0) is 13.6 Å². The summed E-state index contributed by atoms with van der Waals surface area (Å²) in [4.78, 5) is 11.3. The molecule has 0 bridgehead atoms. The lowest BCUT2D eigenvalue weighted by Gasteiger charge is -2.27. The Hall–Kier alpha value is -0.960. The highest BCUT2D eigenvalue weighted by atomic mass is 127. The van der Waals surface area contributed by atoms with Crippen LogP contribution in [0.4, 0.5) is 0 Å². The Morgan fingerprint density at radius 3 is 2.82 bits per heavy atom. The molecule has 0 amide bonds. The van der Waals surface area contributed by atoms with Gasteiger partial charge in [-0.05, 0) is 24.6 Å². The predicted octanol–water partition coefficient (Wildman–Crippen LogP) is 2.36. The SMILES string of the molecule is Cc1ccc2c(c1)nc(CN=C(N)N1CCSCC1)n2C.I. The molecule has 0 saturated carbocycles. The van der Waals surface area contributed by atoms with E-state index in [1.54, 1.807) is 0 Å². The van der Waals surface area contributed by atoms with E-state index < -0.39 is 0 Å². The Labute approximate surface area is 152 Å². The third-order valence-electron chi connectivity index (χ3n) is 3.85. The van der Waals surface area contributed by atoms with E-state index in [0.29, 0.717) is 12.5 Å². The van der Waals surface area contributed by atoms with Crippen molar-refractivity contribution in [1.29, 1.82) is 0 Å². The first-order chi connectivity index (χ1) is 10.1. The molecule has 1 aliphatic heterocycles. The van der Waals surface area contributed by atoms with Gasteiger partial charge in [-0.15, -0.1) is 24.0 Å². The molecule has 2 aromatic rings. The average Bonchev–Trinajstić information content (AvgIpc) is 2.81. The van der Waals surface area contributed by atoms with Crippen LogP contribution < -0.4 is 5.73 Å². The van der Waals surface area contributed by atoms with Gasteiger partial charge < -0.3 is 15.2 Å². The predicted molar refractivity (Wildman–Crippen MR) is 105 cm³/mol. The van der Waals surface area contributed by atoms with E-state index in [0.717, 1.165) is 41.5 Å². The average molecular weight is 431 g/mol. The lowest BCUT2D eigenvalue weighted by Crippen LogP contribution is -2.42. The third kappa shape index (κ3) is 3.68. The van der Waals surface area contributed by atoms with Crippen molar-refractivity contribution in [1.82, 2.24) is 14.5 Å².